The topological polar surface area (TPSA) is 46.9 Å². The summed E-state index contributed by atoms with van der Waals surface area (Å²) >= 11 is 0. The van der Waals surface area contributed by atoms with E-state index in [1.54, 1.807) is 0 Å². The van der Waals surface area contributed by atoms with Gasteiger partial charge in [-0.1, -0.05) is 42.5 Å². The molecule has 0 saturated carbocycles. The summed E-state index contributed by atoms with van der Waals surface area (Å²) in [7, 11) is 0. The number of para-hydroxylation sites is 2. The molecule has 0 radical (unpaired) electrons. The summed E-state index contributed by atoms with van der Waals surface area (Å²) in [5.74, 6) is 0.847. The van der Waals surface area contributed by atoms with Gasteiger partial charge in [-0.2, -0.15) is 0 Å². The molecule has 0 unspecified atom stereocenters. The van der Waals surface area contributed by atoms with E-state index in [2.05, 4.69) is 30.4 Å². The number of aromatic nitrogens is 2. The van der Waals surface area contributed by atoms with E-state index in [1.807, 2.05) is 66.9 Å². The number of carbonyl (C=O) groups is 1. The highest BCUT2D eigenvalue weighted by atomic mass is 16.1. The summed E-state index contributed by atoms with van der Waals surface area (Å²) < 4.78 is 2.03. The third-order valence-corrected chi connectivity index (χ3v) is 5.15. The summed E-state index contributed by atoms with van der Waals surface area (Å²) in [5.41, 5.74) is 7.44. The van der Waals surface area contributed by atoms with Gasteiger partial charge in [0.1, 0.15) is 12.4 Å². The number of rotatable bonds is 5. The fourth-order valence-electron chi connectivity index (χ4n) is 3.81. The minimum Gasteiger partial charge on any atom is -0.325 e. The molecule has 0 spiro atoms. The molecule has 0 bridgehead atoms. The lowest BCUT2D eigenvalue weighted by atomic mass is 10.1. The largest absolute Gasteiger partial charge is 0.325 e. The molecule has 0 atom stereocenters. The monoisotopic (exact) mass is 383 g/mol. The Hall–Kier alpha value is -3.40. The summed E-state index contributed by atoms with van der Waals surface area (Å²) in [6.45, 7) is 6.41. The highest BCUT2D eigenvalue weighted by Crippen LogP contribution is 2.21. The van der Waals surface area contributed by atoms with Crippen LogP contribution in [0.2, 0.25) is 0 Å². The second kappa shape index (κ2) is 7.92. The molecule has 1 amide bonds. The molecule has 29 heavy (non-hydrogen) atoms. The number of anilines is 1. The summed E-state index contributed by atoms with van der Waals surface area (Å²) in [4.78, 5) is 17.7. The van der Waals surface area contributed by atoms with Gasteiger partial charge in [0.25, 0.3) is 0 Å². The minimum atomic E-state index is -0.0517. The lowest BCUT2D eigenvalue weighted by molar-refractivity contribution is -0.116. The molecule has 4 aromatic rings. The Kier molecular flexibility index (Phi) is 5.17. The zero-order valence-electron chi connectivity index (χ0n) is 17.1. The number of aryl methyl sites for hydroxylation is 3. The Labute approximate surface area is 171 Å². The average molecular weight is 383 g/mol. The lowest BCUT2D eigenvalue weighted by Gasteiger charge is -2.12. The van der Waals surface area contributed by atoms with Crippen LogP contribution >= 0.6 is 0 Å². The van der Waals surface area contributed by atoms with E-state index in [0.717, 1.165) is 33.7 Å². The Bertz CT molecular complexity index is 1170. The van der Waals surface area contributed by atoms with Crippen molar-refractivity contribution in [3.05, 3.63) is 94.8 Å². The van der Waals surface area contributed by atoms with Crippen molar-refractivity contribution < 1.29 is 4.79 Å². The van der Waals surface area contributed by atoms with Crippen molar-refractivity contribution in [2.45, 2.75) is 33.7 Å². The lowest BCUT2D eigenvalue weighted by Crippen LogP contribution is -2.20. The van der Waals surface area contributed by atoms with Crippen molar-refractivity contribution in [3.63, 3.8) is 0 Å². The van der Waals surface area contributed by atoms with Gasteiger partial charge in [0.2, 0.25) is 5.91 Å². The third-order valence-electron chi connectivity index (χ3n) is 5.15. The maximum atomic E-state index is 12.9. The molecule has 0 aliphatic rings. The standard InChI is InChI=1S/C25H25N3O/c1-17-12-18(2)14-21(13-17)26-25(29)16-28-23-11-7-6-10-22(23)27-24(28)15-20-9-5-4-8-19(20)3/h4-14H,15-16H2,1-3H3,(H,26,29). The van der Waals surface area contributed by atoms with Crippen LogP contribution in [0.25, 0.3) is 11.0 Å². The highest BCUT2D eigenvalue weighted by Gasteiger charge is 2.15. The third kappa shape index (κ3) is 4.21. The van der Waals surface area contributed by atoms with Gasteiger partial charge in [-0.25, -0.2) is 4.98 Å². The molecule has 1 N–H and O–H groups in total. The van der Waals surface area contributed by atoms with Crippen LogP contribution in [0.3, 0.4) is 0 Å². The number of benzene rings is 3. The number of hydrogen-bond acceptors (Lipinski definition) is 2. The van der Waals surface area contributed by atoms with E-state index >= 15 is 0 Å². The zero-order valence-corrected chi connectivity index (χ0v) is 17.1. The predicted octanol–water partition coefficient (Wildman–Crippen LogP) is 5.19. The van der Waals surface area contributed by atoms with E-state index in [0.29, 0.717) is 6.42 Å². The summed E-state index contributed by atoms with van der Waals surface area (Å²) in [6, 6.07) is 22.4. The number of nitrogens with zero attached hydrogens (tertiary/aromatic N) is 2. The molecule has 0 aliphatic heterocycles. The van der Waals surface area contributed by atoms with Gasteiger partial charge in [0, 0.05) is 12.1 Å². The van der Waals surface area contributed by atoms with Crippen LogP contribution in [0.4, 0.5) is 5.69 Å². The second-order valence-electron chi connectivity index (χ2n) is 7.63. The maximum Gasteiger partial charge on any atom is 0.244 e. The first-order valence-corrected chi connectivity index (χ1v) is 9.86. The van der Waals surface area contributed by atoms with Crippen molar-refractivity contribution in [3.8, 4) is 0 Å². The number of nitrogens with one attached hydrogen (secondary N) is 1. The smallest absolute Gasteiger partial charge is 0.244 e. The average Bonchev–Trinajstić information content (AvgIpc) is 3.00. The molecule has 146 valence electrons. The van der Waals surface area contributed by atoms with Gasteiger partial charge in [0.15, 0.2) is 0 Å². The van der Waals surface area contributed by atoms with Gasteiger partial charge >= 0.3 is 0 Å². The molecule has 0 aliphatic carbocycles. The van der Waals surface area contributed by atoms with Gasteiger partial charge in [-0.15, -0.1) is 0 Å². The van der Waals surface area contributed by atoms with Crippen LogP contribution in [-0.2, 0) is 17.8 Å². The van der Waals surface area contributed by atoms with E-state index in [1.165, 1.54) is 11.1 Å². The first kappa shape index (κ1) is 18.9. The number of fused-ring (bicyclic) bond motifs is 1. The quantitative estimate of drug-likeness (QED) is 0.515. The van der Waals surface area contributed by atoms with Gasteiger partial charge in [-0.05, 0) is 67.3 Å². The number of amides is 1. The Morgan fingerprint density at radius 3 is 2.38 bits per heavy atom. The normalized spacial score (nSPS) is 11.0. The van der Waals surface area contributed by atoms with Crippen LogP contribution in [-0.4, -0.2) is 15.5 Å². The first-order valence-electron chi connectivity index (χ1n) is 9.86. The fourth-order valence-corrected chi connectivity index (χ4v) is 3.81. The van der Waals surface area contributed by atoms with Crippen LogP contribution in [0.5, 0.6) is 0 Å². The Balaban J connectivity index is 1.65. The van der Waals surface area contributed by atoms with Crippen LogP contribution < -0.4 is 5.32 Å². The molecular formula is C25H25N3O. The molecule has 4 rings (SSSR count). The van der Waals surface area contributed by atoms with E-state index in [9.17, 15) is 4.79 Å². The highest BCUT2D eigenvalue weighted by molar-refractivity contribution is 5.92. The van der Waals surface area contributed by atoms with Gasteiger partial charge in [0.05, 0.1) is 11.0 Å². The summed E-state index contributed by atoms with van der Waals surface area (Å²) in [6.07, 6.45) is 0.693. The first-order chi connectivity index (χ1) is 14.0. The molecule has 1 heterocycles. The van der Waals surface area contributed by atoms with Crippen molar-refractivity contribution in [2.24, 2.45) is 0 Å². The van der Waals surface area contributed by atoms with Crippen molar-refractivity contribution >= 4 is 22.6 Å². The minimum absolute atomic E-state index is 0.0517. The van der Waals surface area contributed by atoms with Crippen LogP contribution in [0.15, 0.2) is 66.7 Å². The molecule has 0 fully saturated rings. The number of imidazole rings is 1. The van der Waals surface area contributed by atoms with E-state index < -0.39 is 0 Å². The molecule has 3 aromatic carbocycles. The second-order valence-corrected chi connectivity index (χ2v) is 7.63. The predicted molar refractivity (Wildman–Crippen MR) is 118 cm³/mol. The molecular weight excluding hydrogens is 358 g/mol. The Morgan fingerprint density at radius 2 is 1.62 bits per heavy atom. The maximum absolute atomic E-state index is 12.9. The van der Waals surface area contributed by atoms with Gasteiger partial charge < -0.3 is 9.88 Å². The van der Waals surface area contributed by atoms with Crippen molar-refractivity contribution in [1.82, 2.24) is 9.55 Å². The SMILES string of the molecule is Cc1cc(C)cc(NC(=O)Cn2c(Cc3ccccc3C)nc3ccccc32)c1. The van der Waals surface area contributed by atoms with Crippen molar-refractivity contribution in [2.75, 3.05) is 5.32 Å². The van der Waals surface area contributed by atoms with Gasteiger partial charge in [-0.3, -0.25) is 4.79 Å². The zero-order chi connectivity index (χ0) is 20.4. The molecule has 4 heteroatoms. The van der Waals surface area contributed by atoms with E-state index in [-0.39, 0.29) is 12.5 Å². The van der Waals surface area contributed by atoms with E-state index in [4.69, 9.17) is 4.98 Å². The van der Waals surface area contributed by atoms with Crippen LogP contribution in [0.1, 0.15) is 28.1 Å². The summed E-state index contributed by atoms with van der Waals surface area (Å²) in [5, 5.41) is 3.04. The van der Waals surface area contributed by atoms with Crippen molar-refractivity contribution in [1.29, 1.82) is 0 Å². The van der Waals surface area contributed by atoms with Crippen LogP contribution in [0, 0.1) is 20.8 Å². The number of carbonyl (C=O) groups excluding carboxylic acids is 1. The molecule has 0 saturated heterocycles. The fraction of sp³-hybridized carbons (Fsp3) is 0.200. The molecule has 1 aromatic heterocycles. The molecule has 4 nitrogen and oxygen atoms in total. The number of hydrogen-bond donors (Lipinski definition) is 1. The Morgan fingerprint density at radius 1 is 0.931 bits per heavy atom.